The van der Waals surface area contributed by atoms with Crippen molar-refractivity contribution in [2.24, 2.45) is 0 Å². The van der Waals surface area contributed by atoms with E-state index in [0.29, 0.717) is 11.7 Å². The van der Waals surface area contributed by atoms with Crippen LogP contribution in [0.4, 0.5) is 0 Å². The molecule has 1 aromatic heterocycles. The summed E-state index contributed by atoms with van der Waals surface area (Å²) in [5.41, 5.74) is 0.665. The molecule has 0 radical (unpaired) electrons. The number of aromatic nitrogens is 3. The van der Waals surface area contributed by atoms with Gasteiger partial charge in [0.15, 0.2) is 0 Å². The van der Waals surface area contributed by atoms with Crippen LogP contribution in [0.25, 0.3) is 0 Å². The molecule has 2 heterocycles. The van der Waals surface area contributed by atoms with Gasteiger partial charge in [0, 0.05) is 12.1 Å². The van der Waals surface area contributed by atoms with Crippen molar-refractivity contribution in [3.05, 3.63) is 11.9 Å². The summed E-state index contributed by atoms with van der Waals surface area (Å²) in [6.45, 7) is 2.15. The van der Waals surface area contributed by atoms with E-state index >= 15 is 0 Å². The van der Waals surface area contributed by atoms with Crippen molar-refractivity contribution >= 4 is 0 Å². The zero-order chi connectivity index (χ0) is 11.7. The highest BCUT2D eigenvalue weighted by atomic mass is 16.3. The Hall–Kier alpha value is -0.940. The molecule has 1 N–H and O–H groups in total. The van der Waals surface area contributed by atoms with Crippen molar-refractivity contribution < 1.29 is 5.11 Å². The molecule has 0 spiro atoms. The van der Waals surface area contributed by atoms with E-state index in [1.807, 2.05) is 10.9 Å². The highest BCUT2D eigenvalue weighted by molar-refractivity contribution is 4.92. The second kappa shape index (κ2) is 4.74. The average Bonchev–Trinajstić information content (AvgIpc) is 2.87. The van der Waals surface area contributed by atoms with E-state index in [2.05, 4.69) is 15.2 Å². The second-order valence-electron chi connectivity index (χ2n) is 5.21. The molecule has 94 valence electrons. The average molecular weight is 236 g/mol. The lowest BCUT2D eigenvalue weighted by molar-refractivity contribution is 0.103. The van der Waals surface area contributed by atoms with E-state index < -0.39 is 0 Å². The number of hydrogen-bond acceptors (Lipinski definition) is 4. The molecule has 0 amide bonds. The first-order chi connectivity index (χ1) is 8.36. The van der Waals surface area contributed by atoms with Crippen molar-refractivity contribution in [3.8, 4) is 0 Å². The Labute approximate surface area is 101 Å². The van der Waals surface area contributed by atoms with Crippen LogP contribution in [0, 0.1) is 0 Å². The van der Waals surface area contributed by atoms with Crippen LogP contribution in [0.5, 0.6) is 0 Å². The molecule has 1 aliphatic heterocycles. The van der Waals surface area contributed by atoms with Gasteiger partial charge >= 0.3 is 0 Å². The predicted molar refractivity (Wildman–Crippen MR) is 63.3 cm³/mol. The van der Waals surface area contributed by atoms with E-state index in [0.717, 1.165) is 12.6 Å². The monoisotopic (exact) mass is 236 g/mol. The number of hydrogen-bond donors (Lipinski definition) is 1. The third kappa shape index (κ3) is 2.21. The van der Waals surface area contributed by atoms with Crippen molar-refractivity contribution in [1.82, 2.24) is 19.9 Å². The fourth-order valence-corrected chi connectivity index (χ4v) is 2.97. The Morgan fingerprint density at radius 3 is 2.82 bits per heavy atom. The van der Waals surface area contributed by atoms with Crippen LogP contribution in [0.1, 0.15) is 37.8 Å². The van der Waals surface area contributed by atoms with E-state index in [9.17, 15) is 0 Å². The molecule has 17 heavy (non-hydrogen) atoms. The topological polar surface area (TPSA) is 54.2 Å². The Bertz CT molecular complexity index is 374. The van der Waals surface area contributed by atoms with Crippen LogP contribution < -0.4 is 0 Å². The molecule has 0 bridgehead atoms. The van der Waals surface area contributed by atoms with Crippen LogP contribution >= 0.6 is 0 Å². The SMILES string of the molecule is OCc1cn(C[C@H]2CCCN2C2CCC2)nn1. The minimum atomic E-state index is -0.0169. The molecule has 0 aromatic carbocycles. The molecule has 3 rings (SSSR count). The van der Waals surface area contributed by atoms with Gasteiger partial charge in [0.1, 0.15) is 5.69 Å². The summed E-state index contributed by atoms with van der Waals surface area (Å²) in [6.07, 6.45) is 8.57. The van der Waals surface area contributed by atoms with Gasteiger partial charge in [0.2, 0.25) is 0 Å². The van der Waals surface area contributed by atoms with E-state index in [-0.39, 0.29) is 6.61 Å². The normalized spacial score (nSPS) is 26.3. The summed E-state index contributed by atoms with van der Waals surface area (Å²) < 4.78 is 1.88. The summed E-state index contributed by atoms with van der Waals surface area (Å²) in [5.74, 6) is 0. The maximum Gasteiger partial charge on any atom is 0.108 e. The fraction of sp³-hybridized carbons (Fsp3) is 0.833. The number of likely N-dealkylation sites (tertiary alicyclic amines) is 1. The molecule has 0 unspecified atom stereocenters. The maximum absolute atomic E-state index is 8.97. The third-order valence-electron chi connectivity index (χ3n) is 4.11. The first-order valence-corrected chi connectivity index (χ1v) is 6.62. The molecule has 1 saturated heterocycles. The van der Waals surface area contributed by atoms with E-state index in [4.69, 9.17) is 5.11 Å². The molecule has 1 atom stereocenters. The zero-order valence-electron chi connectivity index (χ0n) is 10.1. The summed E-state index contributed by atoms with van der Waals surface area (Å²) in [4.78, 5) is 2.66. The lowest BCUT2D eigenvalue weighted by Crippen LogP contribution is -2.44. The molecule has 2 fully saturated rings. The van der Waals surface area contributed by atoms with Crippen molar-refractivity contribution in [3.63, 3.8) is 0 Å². The summed E-state index contributed by atoms with van der Waals surface area (Å²) in [6, 6.07) is 1.44. The molecule has 1 aromatic rings. The van der Waals surface area contributed by atoms with Crippen molar-refractivity contribution in [1.29, 1.82) is 0 Å². The molecule has 5 heteroatoms. The van der Waals surface area contributed by atoms with Crippen LogP contribution in [0.15, 0.2) is 6.20 Å². The third-order valence-corrected chi connectivity index (χ3v) is 4.11. The highest BCUT2D eigenvalue weighted by Gasteiger charge is 2.33. The Morgan fingerprint density at radius 2 is 2.18 bits per heavy atom. The molecule has 5 nitrogen and oxygen atoms in total. The van der Waals surface area contributed by atoms with Gasteiger partial charge in [-0.2, -0.15) is 0 Å². The van der Waals surface area contributed by atoms with E-state index in [1.165, 1.54) is 38.6 Å². The summed E-state index contributed by atoms with van der Waals surface area (Å²) in [5, 5.41) is 17.0. The largest absolute Gasteiger partial charge is 0.390 e. The van der Waals surface area contributed by atoms with Crippen molar-refractivity contribution in [2.75, 3.05) is 6.54 Å². The smallest absolute Gasteiger partial charge is 0.108 e. The van der Waals surface area contributed by atoms with Gasteiger partial charge in [-0.15, -0.1) is 5.10 Å². The van der Waals surface area contributed by atoms with Crippen LogP contribution in [0.2, 0.25) is 0 Å². The van der Waals surface area contributed by atoms with Gasteiger partial charge in [-0.05, 0) is 32.2 Å². The second-order valence-corrected chi connectivity index (χ2v) is 5.21. The predicted octanol–water partition coefficient (Wildman–Crippen LogP) is 0.787. The van der Waals surface area contributed by atoms with Gasteiger partial charge < -0.3 is 5.11 Å². The standard InChI is InChI=1S/C12H20N4O/c17-9-10-7-15(14-13-10)8-12-5-2-6-16(12)11-3-1-4-11/h7,11-12,17H,1-6,8-9H2/t12-/m1/s1. The van der Waals surface area contributed by atoms with Gasteiger partial charge in [0.25, 0.3) is 0 Å². The van der Waals surface area contributed by atoms with Gasteiger partial charge in [-0.3, -0.25) is 9.58 Å². The summed E-state index contributed by atoms with van der Waals surface area (Å²) in [7, 11) is 0. The van der Waals surface area contributed by atoms with Crippen LogP contribution in [-0.2, 0) is 13.2 Å². The Morgan fingerprint density at radius 1 is 1.29 bits per heavy atom. The Kier molecular flexibility index (Phi) is 3.11. The number of aliphatic hydroxyl groups excluding tert-OH is 1. The first-order valence-electron chi connectivity index (χ1n) is 6.62. The molecule has 1 saturated carbocycles. The minimum absolute atomic E-state index is 0.0169. The van der Waals surface area contributed by atoms with Crippen molar-refractivity contribution in [2.45, 2.75) is 57.3 Å². The van der Waals surface area contributed by atoms with Gasteiger partial charge in [-0.1, -0.05) is 11.6 Å². The van der Waals surface area contributed by atoms with Gasteiger partial charge in [0.05, 0.1) is 19.3 Å². The van der Waals surface area contributed by atoms with E-state index in [1.54, 1.807) is 0 Å². The number of nitrogens with zero attached hydrogens (tertiary/aromatic N) is 4. The molecular weight excluding hydrogens is 216 g/mol. The van der Waals surface area contributed by atoms with Crippen LogP contribution in [-0.4, -0.2) is 43.6 Å². The van der Waals surface area contributed by atoms with Crippen LogP contribution in [0.3, 0.4) is 0 Å². The lowest BCUT2D eigenvalue weighted by Gasteiger charge is -2.38. The quantitative estimate of drug-likeness (QED) is 0.839. The Balaban J connectivity index is 1.63. The fourth-order valence-electron chi connectivity index (χ4n) is 2.97. The minimum Gasteiger partial charge on any atom is -0.390 e. The number of aliphatic hydroxyl groups is 1. The molecule has 2 aliphatic rings. The highest BCUT2D eigenvalue weighted by Crippen LogP contribution is 2.31. The number of rotatable bonds is 4. The van der Waals surface area contributed by atoms with Gasteiger partial charge in [-0.25, -0.2) is 0 Å². The maximum atomic E-state index is 8.97. The molecular formula is C12H20N4O. The lowest BCUT2D eigenvalue weighted by atomic mass is 9.91. The molecule has 1 aliphatic carbocycles. The summed E-state index contributed by atoms with van der Waals surface area (Å²) >= 11 is 0. The zero-order valence-corrected chi connectivity index (χ0v) is 10.1. The first kappa shape index (κ1) is 11.2.